The highest BCUT2D eigenvalue weighted by molar-refractivity contribution is 5.77. The predicted octanol–water partition coefficient (Wildman–Crippen LogP) is 3.08. The van der Waals surface area contributed by atoms with Gasteiger partial charge < -0.3 is 14.8 Å². The van der Waals surface area contributed by atoms with E-state index in [-0.39, 0.29) is 5.97 Å². The molecule has 20 heavy (non-hydrogen) atoms. The van der Waals surface area contributed by atoms with Crippen LogP contribution in [-0.2, 0) is 9.53 Å². The molecule has 0 aliphatic carbocycles. The molecule has 0 fully saturated rings. The van der Waals surface area contributed by atoms with Gasteiger partial charge in [0, 0.05) is 0 Å². The molecule has 0 heterocycles. The van der Waals surface area contributed by atoms with Crippen molar-refractivity contribution in [3.8, 4) is 5.75 Å². The van der Waals surface area contributed by atoms with Crippen molar-refractivity contribution in [2.75, 3.05) is 19.8 Å². The second-order valence-corrected chi connectivity index (χ2v) is 4.56. The second-order valence-electron chi connectivity index (χ2n) is 4.56. The Morgan fingerprint density at radius 3 is 2.40 bits per heavy atom. The van der Waals surface area contributed by atoms with Crippen molar-refractivity contribution in [1.29, 1.82) is 0 Å². The van der Waals surface area contributed by atoms with Crippen LogP contribution < -0.4 is 10.1 Å². The van der Waals surface area contributed by atoms with E-state index in [0.717, 1.165) is 30.7 Å². The fourth-order valence-corrected chi connectivity index (χ4v) is 1.83. The van der Waals surface area contributed by atoms with E-state index in [0.29, 0.717) is 13.2 Å². The molecule has 0 aliphatic rings. The first-order chi connectivity index (χ1) is 9.72. The van der Waals surface area contributed by atoms with Crippen molar-refractivity contribution in [1.82, 2.24) is 5.32 Å². The van der Waals surface area contributed by atoms with Crippen LogP contribution in [-0.4, -0.2) is 25.7 Å². The van der Waals surface area contributed by atoms with E-state index < -0.39 is 6.04 Å². The van der Waals surface area contributed by atoms with Crippen molar-refractivity contribution >= 4 is 5.97 Å². The number of hydrogen-bond acceptors (Lipinski definition) is 4. The third-order valence-electron chi connectivity index (χ3n) is 2.81. The molecule has 1 N–H and O–H groups in total. The van der Waals surface area contributed by atoms with Crippen LogP contribution in [0.2, 0.25) is 0 Å². The van der Waals surface area contributed by atoms with Crippen molar-refractivity contribution in [2.45, 2.75) is 39.7 Å². The van der Waals surface area contributed by atoms with Gasteiger partial charge in [-0.2, -0.15) is 0 Å². The van der Waals surface area contributed by atoms with Crippen LogP contribution >= 0.6 is 0 Å². The molecule has 1 rings (SSSR count). The maximum Gasteiger partial charge on any atom is 0.327 e. The van der Waals surface area contributed by atoms with Gasteiger partial charge >= 0.3 is 5.97 Å². The normalized spacial score (nSPS) is 11.9. The van der Waals surface area contributed by atoms with Gasteiger partial charge in [-0.3, -0.25) is 0 Å². The average molecular weight is 279 g/mol. The summed E-state index contributed by atoms with van der Waals surface area (Å²) in [6.07, 6.45) is 1.94. The zero-order valence-corrected chi connectivity index (χ0v) is 12.6. The van der Waals surface area contributed by atoms with Gasteiger partial charge in [0.25, 0.3) is 0 Å². The van der Waals surface area contributed by atoms with Crippen LogP contribution in [0.25, 0.3) is 0 Å². The van der Waals surface area contributed by atoms with Gasteiger partial charge in [0.2, 0.25) is 0 Å². The first-order valence-electron chi connectivity index (χ1n) is 7.35. The van der Waals surface area contributed by atoms with E-state index in [4.69, 9.17) is 9.47 Å². The van der Waals surface area contributed by atoms with Gasteiger partial charge in [-0.15, -0.1) is 0 Å². The molecule has 0 aliphatic heterocycles. The summed E-state index contributed by atoms with van der Waals surface area (Å²) < 4.78 is 10.7. The molecule has 0 spiro atoms. The molecular weight excluding hydrogens is 254 g/mol. The zero-order valence-electron chi connectivity index (χ0n) is 12.6. The van der Waals surface area contributed by atoms with Gasteiger partial charge in [-0.05, 0) is 44.0 Å². The summed E-state index contributed by atoms with van der Waals surface area (Å²) in [5, 5.41) is 3.22. The zero-order chi connectivity index (χ0) is 14.8. The minimum absolute atomic E-state index is 0.233. The average Bonchev–Trinajstić information content (AvgIpc) is 2.47. The fraction of sp³-hybridized carbons (Fsp3) is 0.562. The number of hydrogen-bond donors (Lipinski definition) is 1. The standard InChI is InChI=1S/C16H25NO3/c1-4-11-17-15(16(18)19-6-3)13-7-9-14(10-8-13)20-12-5-2/h7-10,15,17H,4-6,11-12H2,1-3H3. The number of rotatable bonds is 9. The van der Waals surface area contributed by atoms with Crippen LogP contribution in [0.15, 0.2) is 24.3 Å². The summed E-state index contributed by atoms with van der Waals surface area (Å²) in [5.41, 5.74) is 0.903. The predicted molar refractivity (Wildman–Crippen MR) is 79.9 cm³/mol. The molecule has 4 nitrogen and oxygen atoms in total. The molecule has 1 aromatic carbocycles. The quantitative estimate of drug-likeness (QED) is 0.706. The van der Waals surface area contributed by atoms with E-state index in [9.17, 15) is 4.79 Å². The van der Waals surface area contributed by atoms with E-state index in [1.54, 1.807) is 0 Å². The van der Waals surface area contributed by atoms with Crippen molar-refractivity contribution < 1.29 is 14.3 Å². The second kappa shape index (κ2) is 9.37. The summed E-state index contributed by atoms with van der Waals surface area (Å²) >= 11 is 0. The summed E-state index contributed by atoms with van der Waals surface area (Å²) in [5.74, 6) is 0.594. The minimum atomic E-state index is -0.407. The Kier molecular flexibility index (Phi) is 7.73. The molecule has 1 atom stereocenters. The summed E-state index contributed by atoms with van der Waals surface area (Å²) in [6.45, 7) is 7.82. The van der Waals surface area contributed by atoms with Crippen LogP contribution in [0.3, 0.4) is 0 Å². The van der Waals surface area contributed by atoms with Crippen molar-refractivity contribution in [3.05, 3.63) is 29.8 Å². The number of carbonyl (C=O) groups excluding carboxylic acids is 1. The number of nitrogens with one attached hydrogen (secondary N) is 1. The van der Waals surface area contributed by atoms with Gasteiger partial charge in [-0.1, -0.05) is 26.0 Å². The van der Waals surface area contributed by atoms with Gasteiger partial charge in [0.15, 0.2) is 0 Å². The minimum Gasteiger partial charge on any atom is -0.494 e. The highest BCUT2D eigenvalue weighted by atomic mass is 16.5. The molecule has 1 aromatic rings. The summed E-state index contributed by atoms with van der Waals surface area (Å²) in [4.78, 5) is 12.0. The lowest BCUT2D eigenvalue weighted by Crippen LogP contribution is -2.30. The molecule has 0 radical (unpaired) electrons. The maximum atomic E-state index is 12.0. The first kappa shape index (κ1) is 16.5. The molecule has 0 saturated heterocycles. The lowest BCUT2D eigenvalue weighted by atomic mass is 10.1. The summed E-state index contributed by atoms with van der Waals surface area (Å²) in [6, 6.07) is 7.20. The molecule has 0 amide bonds. The SMILES string of the molecule is CCCNC(C(=O)OCC)c1ccc(OCCC)cc1. The third-order valence-corrected chi connectivity index (χ3v) is 2.81. The Bertz CT molecular complexity index is 389. The third kappa shape index (κ3) is 5.21. The van der Waals surface area contributed by atoms with Gasteiger partial charge in [0.05, 0.1) is 13.2 Å². The molecule has 1 unspecified atom stereocenters. The van der Waals surface area contributed by atoms with Crippen LogP contribution in [0.4, 0.5) is 0 Å². The van der Waals surface area contributed by atoms with Crippen LogP contribution in [0.5, 0.6) is 5.75 Å². The van der Waals surface area contributed by atoms with E-state index in [2.05, 4.69) is 19.2 Å². The molecule has 112 valence electrons. The van der Waals surface area contributed by atoms with Gasteiger partial charge in [-0.25, -0.2) is 4.79 Å². The highest BCUT2D eigenvalue weighted by Gasteiger charge is 2.20. The number of esters is 1. The Morgan fingerprint density at radius 1 is 1.15 bits per heavy atom. The highest BCUT2D eigenvalue weighted by Crippen LogP contribution is 2.19. The number of carbonyl (C=O) groups is 1. The van der Waals surface area contributed by atoms with E-state index in [1.165, 1.54) is 0 Å². The molecule has 0 saturated carbocycles. The number of benzene rings is 1. The fourth-order valence-electron chi connectivity index (χ4n) is 1.83. The molecule has 0 aromatic heterocycles. The Hall–Kier alpha value is -1.55. The Labute approximate surface area is 121 Å². The van der Waals surface area contributed by atoms with E-state index >= 15 is 0 Å². The molecular formula is C16H25NO3. The maximum absolute atomic E-state index is 12.0. The first-order valence-corrected chi connectivity index (χ1v) is 7.35. The number of ether oxygens (including phenoxy) is 2. The molecule has 4 heteroatoms. The topological polar surface area (TPSA) is 47.6 Å². The van der Waals surface area contributed by atoms with Crippen molar-refractivity contribution in [3.63, 3.8) is 0 Å². The smallest absolute Gasteiger partial charge is 0.327 e. The Balaban J connectivity index is 2.76. The van der Waals surface area contributed by atoms with Gasteiger partial charge in [0.1, 0.15) is 11.8 Å². The van der Waals surface area contributed by atoms with Crippen LogP contribution in [0.1, 0.15) is 45.2 Å². The lowest BCUT2D eigenvalue weighted by Gasteiger charge is -2.17. The van der Waals surface area contributed by atoms with Crippen LogP contribution in [0, 0.1) is 0 Å². The molecule has 0 bridgehead atoms. The largest absolute Gasteiger partial charge is 0.494 e. The Morgan fingerprint density at radius 2 is 1.85 bits per heavy atom. The monoisotopic (exact) mass is 279 g/mol. The lowest BCUT2D eigenvalue weighted by molar-refractivity contribution is -0.145. The van der Waals surface area contributed by atoms with E-state index in [1.807, 2.05) is 31.2 Å². The summed E-state index contributed by atoms with van der Waals surface area (Å²) in [7, 11) is 0. The van der Waals surface area contributed by atoms with Crippen molar-refractivity contribution in [2.24, 2.45) is 0 Å².